The van der Waals surface area contributed by atoms with Crippen LogP contribution in [0.3, 0.4) is 0 Å². The van der Waals surface area contributed by atoms with Crippen LogP contribution in [-0.2, 0) is 11.3 Å². The number of aromatic amines is 1. The van der Waals surface area contributed by atoms with Crippen LogP contribution in [0.5, 0.6) is 11.5 Å². The number of nitrogens with one attached hydrogen (secondary N) is 2. The van der Waals surface area contributed by atoms with Crippen molar-refractivity contribution >= 4 is 22.6 Å². The van der Waals surface area contributed by atoms with E-state index in [1.165, 1.54) is 0 Å². The molecule has 2 amide bonds. The van der Waals surface area contributed by atoms with Crippen LogP contribution in [-0.4, -0.2) is 73.4 Å². The minimum absolute atomic E-state index is 0.183. The number of urea groups is 1. The summed E-state index contributed by atoms with van der Waals surface area (Å²) in [6.45, 7) is 5.39. The Morgan fingerprint density at radius 1 is 1.00 bits per heavy atom. The van der Waals surface area contributed by atoms with E-state index in [0.29, 0.717) is 67.8 Å². The van der Waals surface area contributed by atoms with E-state index in [4.69, 9.17) is 14.2 Å². The summed E-state index contributed by atoms with van der Waals surface area (Å²) in [5.41, 5.74) is 1.66. The molecule has 0 spiro atoms. The first-order chi connectivity index (χ1) is 16.7. The summed E-state index contributed by atoms with van der Waals surface area (Å²) in [5.74, 6) is 1.28. The molecule has 1 saturated heterocycles. The number of ether oxygens (including phenoxy) is 3. The van der Waals surface area contributed by atoms with Gasteiger partial charge in [0.25, 0.3) is 5.56 Å². The molecule has 2 aromatic carbocycles. The highest BCUT2D eigenvalue weighted by atomic mass is 16.6. The fourth-order valence-electron chi connectivity index (χ4n) is 4.17. The third-order valence-corrected chi connectivity index (χ3v) is 6.05. The van der Waals surface area contributed by atoms with Crippen molar-refractivity contribution in [2.24, 2.45) is 0 Å². The summed E-state index contributed by atoms with van der Waals surface area (Å²) < 4.78 is 16.7. The molecule has 178 valence electrons. The van der Waals surface area contributed by atoms with E-state index in [9.17, 15) is 9.59 Å². The van der Waals surface area contributed by atoms with Gasteiger partial charge in [-0.2, -0.15) is 0 Å². The number of hydrogen-bond acceptors (Lipinski definition) is 6. The Hall–Kier alpha value is -3.56. The van der Waals surface area contributed by atoms with Gasteiger partial charge in [-0.3, -0.25) is 9.69 Å². The lowest BCUT2D eigenvalue weighted by Gasteiger charge is -2.30. The number of morpholine rings is 1. The minimum Gasteiger partial charge on any atom is -0.486 e. The Morgan fingerprint density at radius 3 is 2.50 bits per heavy atom. The van der Waals surface area contributed by atoms with E-state index in [1.54, 1.807) is 11.0 Å². The lowest BCUT2D eigenvalue weighted by molar-refractivity contribution is 0.0349. The van der Waals surface area contributed by atoms with Crippen molar-refractivity contribution in [1.29, 1.82) is 0 Å². The molecule has 0 radical (unpaired) electrons. The van der Waals surface area contributed by atoms with Crippen LogP contribution in [0.4, 0.5) is 10.5 Å². The molecule has 9 nitrogen and oxygen atoms in total. The number of carbonyl (C=O) groups excluding carboxylic acids is 1. The van der Waals surface area contributed by atoms with Crippen LogP contribution in [0, 0.1) is 0 Å². The molecular formula is C25H28N4O5. The number of hydrogen-bond donors (Lipinski definition) is 2. The van der Waals surface area contributed by atoms with E-state index >= 15 is 0 Å². The molecule has 3 aromatic rings. The highest BCUT2D eigenvalue weighted by molar-refractivity contribution is 5.89. The maximum atomic E-state index is 13.2. The van der Waals surface area contributed by atoms with Gasteiger partial charge in [0, 0.05) is 48.9 Å². The largest absolute Gasteiger partial charge is 0.486 e. The summed E-state index contributed by atoms with van der Waals surface area (Å²) >= 11 is 0. The third-order valence-electron chi connectivity index (χ3n) is 6.05. The van der Waals surface area contributed by atoms with Gasteiger partial charge in [-0.1, -0.05) is 18.2 Å². The maximum absolute atomic E-state index is 13.2. The molecule has 34 heavy (non-hydrogen) atoms. The van der Waals surface area contributed by atoms with Crippen LogP contribution >= 0.6 is 0 Å². The van der Waals surface area contributed by atoms with Gasteiger partial charge in [-0.15, -0.1) is 0 Å². The average Bonchev–Trinajstić information content (AvgIpc) is 2.87. The van der Waals surface area contributed by atoms with Crippen molar-refractivity contribution in [3.63, 3.8) is 0 Å². The molecule has 0 unspecified atom stereocenters. The fourth-order valence-corrected chi connectivity index (χ4v) is 4.17. The van der Waals surface area contributed by atoms with Crippen molar-refractivity contribution in [1.82, 2.24) is 14.8 Å². The fraction of sp³-hybridized carbons (Fsp3) is 0.360. The number of aromatic nitrogens is 1. The zero-order valence-corrected chi connectivity index (χ0v) is 18.9. The monoisotopic (exact) mass is 464 g/mol. The SMILES string of the molecule is O=C(Nc1ccccc1)N(CCN1CCOCC1)Cc1cc2cc3c(cc2[nH]c1=O)OCCO3. The third kappa shape index (κ3) is 5.16. The number of para-hydroxylation sites is 1. The van der Waals surface area contributed by atoms with Gasteiger partial charge in [0.1, 0.15) is 13.2 Å². The molecule has 0 atom stereocenters. The molecule has 1 aromatic heterocycles. The van der Waals surface area contributed by atoms with Gasteiger partial charge in [0.2, 0.25) is 0 Å². The Balaban J connectivity index is 1.38. The quantitative estimate of drug-likeness (QED) is 0.582. The Morgan fingerprint density at radius 2 is 1.74 bits per heavy atom. The molecule has 2 aliphatic heterocycles. The minimum atomic E-state index is -0.249. The summed E-state index contributed by atoms with van der Waals surface area (Å²) in [6, 6.07) is 14.5. The lowest BCUT2D eigenvalue weighted by atomic mass is 10.1. The summed E-state index contributed by atoms with van der Waals surface area (Å²) in [4.78, 5) is 33.0. The number of amides is 2. The van der Waals surface area contributed by atoms with E-state index < -0.39 is 0 Å². The maximum Gasteiger partial charge on any atom is 0.322 e. The number of anilines is 1. The molecule has 5 rings (SSSR count). The highest BCUT2D eigenvalue weighted by Crippen LogP contribution is 2.33. The van der Waals surface area contributed by atoms with Gasteiger partial charge in [0.15, 0.2) is 11.5 Å². The molecule has 2 N–H and O–H groups in total. The normalized spacial score (nSPS) is 15.8. The molecule has 0 bridgehead atoms. The van der Waals surface area contributed by atoms with Crippen molar-refractivity contribution in [2.45, 2.75) is 6.54 Å². The summed E-state index contributed by atoms with van der Waals surface area (Å²) in [7, 11) is 0. The van der Waals surface area contributed by atoms with Crippen LogP contribution in [0.25, 0.3) is 10.9 Å². The zero-order chi connectivity index (χ0) is 23.3. The van der Waals surface area contributed by atoms with Crippen LogP contribution in [0.2, 0.25) is 0 Å². The van der Waals surface area contributed by atoms with E-state index in [0.717, 1.165) is 18.5 Å². The molecule has 9 heteroatoms. The van der Waals surface area contributed by atoms with Crippen molar-refractivity contribution in [2.75, 3.05) is 57.9 Å². The number of carbonyl (C=O) groups is 1. The Labute approximate surface area is 197 Å². The van der Waals surface area contributed by atoms with Crippen LogP contribution in [0.15, 0.2) is 53.3 Å². The number of H-pyrrole nitrogens is 1. The van der Waals surface area contributed by atoms with E-state index in [2.05, 4.69) is 15.2 Å². The van der Waals surface area contributed by atoms with Crippen molar-refractivity contribution in [3.05, 3.63) is 64.4 Å². The molecule has 2 aliphatic rings. The first-order valence-electron chi connectivity index (χ1n) is 11.5. The smallest absolute Gasteiger partial charge is 0.322 e. The second-order valence-electron chi connectivity index (χ2n) is 8.38. The Bertz CT molecular complexity index is 1210. The van der Waals surface area contributed by atoms with Gasteiger partial charge in [-0.05, 0) is 24.3 Å². The van der Waals surface area contributed by atoms with Gasteiger partial charge in [-0.25, -0.2) is 4.79 Å². The number of pyridine rings is 1. The predicted molar refractivity (Wildman–Crippen MR) is 129 cm³/mol. The van der Waals surface area contributed by atoms with Crippen molar-refractivity contribution < 1.29 is 19.0 Å². The first kappa shape index (κ1) is 22.2. The molecular weight excluding hydrogens is 436 g/mol. The second kappa shape index (κ2) is 10.1. The van der Waals surface area contributed by atoms with Crippen LogP contribution in [0.1, 0.15) is 5.56 Å². The molecule has 0 aliphatic carbocycles. The number of rotatable bonds is 6. The molecule has 3 heterocycles. The average molecular weight is 465 g/mol. The molecule has 0 saturated carbocycles. The van der Waals surface area contributed by atoms with E-state index in [1.807, 2.05) is 42.5 Å². The van der Waals surface area contributed by atoms with Gasteiger partial charge >= 0.3 is 6.03 Å². The van der Waals surface area contributed by atoms with Crippen molar-refractivity contribution in [3.8, 4) is 11.5 Å². The van der Waals surface area contributed by atoms with Gasteiger partial charge < -0.3 is 29.4 Å². The second-order valence-corrected chi connectivity index (χ2v) is 8.38. The van der Waals surface area contributed by atoms with Crippen LogP contribution < -0.4 is 20.3 Å². The highest BCUT2D eigenvalue weighted by Gasteiger charge is 2.20. The predicted octanol–water partition coefficient (Wildman–Crippen LogP) is 2.67. The van der Waals surface area contributed by atoms with E-state index in [-0.39, 0.29) is 18.1 Å². The molecule has 1 fully saturated rings. The Kier molecular flexibility index (Phi) is 6.64. The summed E-state index contributed by atoms with van der Waals surface area (Å²) in [5, 5.41) is 3.77. The first-order valence-corrected chi connectivity index (χ1v) is 11.5. The number of nitrogens with zero attached hydrogens (tertiary/aromatic N) is 2. The number of fused-ring (bicyclic) bond motifs is 2. The number of benzene rings is 2. The zero-order valence-electron chi connectivity index (χ0n) is 18.9. The van der Waals surface area contributed by atoms with Gasteiger partial charge in [0.05, 0.1) is 25.3 Å². The topological polar surface area (TPSA) is 96.1 Å². The summed E-state index contributed by atoms with van der Waals surface area (Å²) in [6.07, 6.45) is 0. The lowest BCUT2D eigenvalue weighted by Crippen LogP contribution is -2.44. The standard InChI is InChI=1S/C25H28N4O5/c30-24-19(14-18-15-22-23(16-21(18)27-24)34-13-12-33-22)17-29(7-6-28-8-10-32-11-9-28)25(31)26-20-4-2-1-3-5-20/h1-5,14-16H,6-13,17H2,(H,26,31)(H,27,30).